The molecule has 0 radical (unpaired) electrons. The number of sulfone groups is 2. The summed E-state index contributed by atoms with van der Waals surface area (Å²) < 4.78 is 59.2. The predicted molar refractivity (Wildman–Crippen MR) is 157 cm³/mol. The first-order valence-electron chi connectivity index (χ1n) is 14.0. The van der Waals surface area contributed by atoms with E-state index in [2.05, 4.69) is 0 Å². The van der Waals surface area contributed by atoms with Crippen LogP contribution in [-0.4, -0.2) is 45.3 Å². The highest BCUT2D eigenvalue weighted by Gasteiger charge is 2.34. The predicted octanol–water partition coefficient (Wildman–Crippen LogP) is 5.13. The van der Waals surface area contributed by atoms with Gasteiger partial charge < -0.3 is 10.0 Å². The number of rotatable bonds is 7. The number of amides is 1. The quantitative estimate of drug-likeness (QED) is 0.376. The Bertz CT molecular complexity index is 1760. The van der Waals surface area contributed by atoms with Gasteiger partial charge in [0, 0.05) is 17.7 Å². The van der Waals surface area contributed by atoms with Crippen LogP contribution in [0.1, 0.15) is 44.6 Å². The number of carboxylic acid groups (broad SMARTS) is 1. The third-order valence-electron chi connectivity index (χ3n) is 7.52. The number of anilines is 1. The molecule has 0 aromatic heterocycles. The lowest BCUT2D eigenvalue weighted by molar-refractivity contribution is -0.131. The van der Waals surface area contributed by atoms with Crippen molar-refractivity contribution in [3.8, 4) is 11.1 Å². The second-order valence-electron chi connectivity index (χ2n) is 10.4. The molecule has 1 N–H and O–H groups in total. The zero-order valence-corrected chi connectivity index (χ0v) is 23.9. The molecular weight excluding hydrogens is 562 g/mol. The van der Waals surface area contributed by atoms with Crippen molar-refractivity contribution in [1.29, 1.82) is 0 Å². The molecule has 1 amide bonds. The van der Waals surface area contributed by atoms with Crippen LogP contribution in [0.5, 0.6) is 0 Å². The monoisotopic (exact) mass is 594 g/mol. The van der Waals surface area contributed by atoms with Crippen LogP contribution in [0.25, 0.3) is 17.2 Å². The zero-order chi connectivity index (χ0) is 30.1. The van der Waals surface area contributed by atoms with Gasteiger partial charge in [-0.3, -0.25) is 4.79 Å². The second kappa shape index (κ2) is 11.6. The maximum atomic E-state index is 13.8. The van der Waals surface area contributed by atoms with Gasteiger partial charge in [0.25, 0.3) is 0 Å². The van der Waals surface area contributed by atoms with Crippen molar-refractivity contribution in [2.75, 3.05) is 16.4 Å². The Hall–Kier alpha value is -3.76. The molecule has 8 nitrogen and oxygen atoms in total. The highest BCUT2D eigenvalue weighted by atomic mass is 32.2. The van der Waals surface area contributed by atoms with E-state index in [9.17, 15) is 26.4 Å². The van der Waals surface area contributed by atoms with E-state index >= 15 is 0 Å². The Labute approximate surface area is 241 Å². The van der Waals surface area contributed by atoms with Crippen LogP contribution >= 0.6 is 0 Å². The summed E-state index contributed by atoms with van der Waals surface area (Å²) in [7, 11) is -7.40. The highest BCUT2D eigenvalue weighted by molar-refractivity contribution is 7.97. The van der Waals surface area contributed by atoms with Crippen molar-refractivity contribution < 1.29 is 32.9 Å². The van der Waals surface area contributed by atoms with E-state index in [0.29, 0.717) is 27.9 Å². The smallest absolute Gasteiger partial charge is 0.328 e. The van der Waals surface area contributed by atoms with E-state index < -0.39 is 43.7 Å². The Balaban J connectivity index is 1.48. The highest BCUT2D eigenvalue weighted by Crippen LogP contribution is 2.33. The standard InChI is InChI=1S/C31H31NO7S2/c33-30(34)16-11-22-5-4-8-27(19-22)32(31(35)25-6-2-1-3-7-25)21-23-9-12-24(13-10-23)26-14-15-28-29(20-26)41(38,39)18-17-40(28,36)37/h4-5,8-16,19-20,25H,1-3,6-7,17-18,21H2,(H,33,34)/b16-11+/i21D. The maximum absolute atomic E-state index is 13.8. The van der Waals surface area contributed by atoms with Gasteiger partial charge >= 0.3 is 5.97 Å². The van der Waals surface area contributed by atoms with Crippen LogP contribution in [-0.2, 0) is 35.8 Å². The van der Waals surface area contributed by atoms with E-state index in [1.165, 1.54) is 23.1 Å². The van der Waals surface area contributed by atoms with Gasteiger partial charge in [-0.15, -0.1) is 0 Å². The van der Waals surface area contributed by atoms with Crippen LogP contribution in [0, 0.1) is 5.92 Å². The molecule has 3 aromatic rings. The average molecular weight is 595 g/mol. The summed E-state index contributed by atoms with van der Waals surface area (Å²) in [6, 6.07) is 18.0. The number of fused-ring (bicyclic) bond motifs is 1. The number of benzene rings is 3. The summed E-state index contributed by atoms with van der Waals surface area (Å²) in [5.41, 5.74) is 2.77. The molecule has 1 atom stereocenters. The number of hydrogen-bond donors (Lipinski definition) is 1. The molecule has 2 aliphatic rings. The van der Waals surface area contributed by atoms with Crippen LogP contribution in [0.2, 0.25) is 0 Å². The normalized spacial score (nSPS) is 19.2. The Morgan fingerprint density at radius 2 is 1.51 bits per heavy atom. The topological polar surface area (TPSA) is 126 Å². The molecule has 3 aromatic carbocycles. The number of carbonyl (C=O) groups is 2. The summed E-state index contributed by atoms with van der Waals surface area (Å²) in [6.45, 7) is -1.10. The largest absolute Gasteiger partial charge is 0.478 e. The Kier molecular flexibility index (Phi) is 7.77. The fraction of sp³-hybridized carbons (Fsp3) is 0.290. The molecule has 0 bridgehead atoms. The summed E-state index contributed by atoms with van der Waals surface area (Å²) in [6.07, 6.45) is 6.91. The minimum atomic E-state index is -3.73. The fourth-order valence-corrected chi connectivity index (χ4v) is 9.57. The zero-order valence-electron chi connectivity index (χ0n) is 23.3. The lowest BCUT2D eigenvalue weighted by Gasteiger charge is -2.30. The number of nitrogens with zero attached hydrogens (tertiary/aromatic N) is 1. The molecule has 1 unspecified atom stereocenters. The SMILES string of the molecule is [2H]C(c1ccc(-c2ccc3c(c2)S(=O)(=O)CCS3(=O)=O)cc1)N(C(=O)C1CCCCC1)c1cccc(/C=C/C(=O)O)c1. The van der Waals surface area contributed by atoms with Crippen molar-refractivity contribution in [3.05, 3.63) is 83.9 Å². The fourth-order valence-electron chi connectivity index (χ4n) is 5.30. The third kappa shape index (κ3) is 6.44. The summed E-state index contributed by atoms with van der Waals surface area (Å²) in [5.74, 6) is -2.34. The summed E-state index contributed by atoms with van der Waals surface area (Å²) in [5, 5.41) is 9.02. The first kappa shape index (κ1) is 27.4. The Morgan fingerprint density at radius 3 is 2.20 bits per heavy atom. The molecule has 5 rings (SSSR count). The number of aliphatic carboxylic acids is 1. The second-order valence-corrected chi connectivity index (χ2v) is 14.5. The molecule has 214 valence electrons. The van der Waals surface area contributed by atoms with Crippen LogP contribution in [0.4, 0.5) is 5.69 Å². The van der Waals surface area contributed by atoms with E-state index in [-0.39, 0.29) is 21.6 Å². The van der Waals surface area contributed by atoms with Crippen molar-refractivity contribution in [1.82, 2.24) is 0 Å². The Morgan fingerprint density at radius 1 is 0.854 bits per heavy atom. The van der Waals surface area contributed by atoms with Gasteiger partial charge in [-0.25, -0.2) is 21.6 Å². The van der Waals surface area contributed by atoms with Gasteiger partial charge in [-0.05, 0) is 65.4 Å². The molecule has 0 spiro atoms. The summed E-state index contributed by atoms with van der Waals surface area (Å²) >= 11 is 0. The lowest BCUT2D eigenvalue weighted by atomic mass is 9.88. The van der Waals surface area contributed by atoms with Gasteiger partial charge in [0.15, 0.2) is 19.7 Å². The lowest BCUT2D eigenvalue weighted by Crippen LogP contribution is -2.36. The maximum Gasteiger partial charge on any atom is 0.328 e. The average Bonchev–Trinajstić information content (AvgIpc) is 2.99. The van der Waals surface area contributed by atoms with Gasteiger partial charge in [-0.1, -0.05) is 61.7 Å². The molecule has 1 heterocycles. The van der Waals surface area contributed by atoms with Gasteiger partial charge in [0.1, 0.15) is 0 Å². The molecule has 1 aliphatic heterocycles. The van der Waals surface area contributed by atoms with Crippen LogP contribution in [0.15, 0.2) is 82.6 Å². The first-order chi connectivity index (χ1) is 20.0. The van der Waals surface area contributed by atoms with Gasteiger partial charge in [0.2, 0.25) is 5.91 Å². The van der Waals surface area contributed by atoms with Gasteiger partial charge in [-0.2, -0.15) is 0 Å². The van der Waals surface area contributed by atoms with E-state index in [0.717, 1.165) is 38.2 Å². The number of carbonyl (C=O) groups excluding carboxylic acids is 1. The molecule has 1 aliphatic carbocycles. The van der Waals surface area contributed by atoms with Gasteiger partial charge in [0.05, 0.1) is 29.2 Å². The van der Waals surface area contributed by atoms with Crippen molar-refractivity contribution in [2.45, 2.75) is 48.4 Å². The number of hydrogen-bond acceptors (Lipinski definition) is 6. The third-order valence-corrected chi connectivity index (χ3v) is 11.4. The molecule has 1 fully saturated rings. The summed E-state index contributed by atoms with van der Waals surface area (Å²) in [4.78, 5) is 25.9. The minimum absolute atomic E-state index is 0.153. The van der Waals surface area contributed by atoms with Crippen molar-refractivity contribution in [2.24, 2.45) is 5.92 Å². The van der Waals surface area contributed by atoms with E-state index in [1.807, 2.05) is 0 Å². The van der Waals surface area contributed by atoms with Crippen LogP contribution < -0.4 is 4.90 Å². The molecule has 10 heteroatoms. The van der Waals surface area contributed by atoms with Crippen molar-refractivity contribution >= 4 is 43.3 Å². The molecule has 41 heavy (non-hydrogen) atoms. The van der Waals surface area contributed by atoms with E-state index in [1.54, 1.807) is 54.6 Å². The minimum Gasteiger partial charge on any atom is -0.478 e. The first-order valence-corrected chi connectivity index (χ1v) is 16.7. The van der Waals surface area contributed by atoms with Crippen LogP contribution in [0.3, 0.4) is 0 Å². The molecule has 1 saturated carbocycles. The van der Waals surface area contributed by atoms with Crippen molar-refractivity contribution in [3.63, 3.8) is 0 Å². The number of carboxylic acids is 1. The molecule has 0 saturated heterocycles. The molecular formula is C31H31NO7S2. The van der Waals surface area contributed by atoms with E-state index in [4.69, 9.17) is 6.48 Å².